The number of hydrogen-bond acceptors (Lipinski definition) is 3. The lowest BCUT2D eigenvalue weighted by Gasteiger charge is -2.05. The van der Waals surface area contributed by atoms with E-state index in [2.05, 4.69) is 51.4 Å². The molecule has 3 rings (SSSR count). The summed E-state index contributed by atoms with van der Waals surface area (Å²) in [7, 11) is 0. The number of rotatable bonds is 2. The van der Waals surface area contributed by atoms with Crippen molar-refractivity contribution < 1.29 is 0 Å². The molecule has 2 nitrogen and oxygen atoms in total. The predicted octanol–water partition coefficient (Wildman–Crippen LogP) is 5.76. The molecular formula is C14H10BrClN2S. The molecule has 0 bridgehead atoms. The highest BCUT2D eigenvalue weighted by molar-refractivity contribution is 9.10. The van der Waals surface area contributed by atoms with Gasteiger partial charge in [-0.3, -0.25) is 0 Å². The molecule has 0 aliphatic heterocycles. The molecule has 0 atom stereocenters. The summed E-state index contributed by atoms with van der Waals surface area (Å²) in [5, 5.41) is 4.87. The molecule has 0 aliphatic carbocycles. The van der Waals surface area contributed by atoms with Gasteiger partial charge in [0.2, 0.25) is 0 Å². The van der Waals surface area contributed by atoms with Crippen molar-refractivity contribution in [3.63, 3.8) is 0 Å². The van der Waals surface area contributed by atoms with E-state index < -0.39 is 0 Å². The number of aryl methyl sites for hydroxylation is 1. The fourth-order valence-electron chi connectivity index (χ4n) is 1.85. The minimum absolute atomic E-state index is 0.697. The molecule has 0 amide bonds. The summed E-state index contributed by atoms with van der Waals surface area (Å²) in [5.74, 6) is 0. The van der Waals surface area contributed by atoms with E-state index in [0.717, 1.165) is 20.8 Å². The minimum atomic E-state index is 0.697. The molecule has 0 saturated heterocycles. The maximum Gasteiger partial charge on any atom is 0.188 e. The molecule has 0 aliphatic rings. The molecule has 5 heteroatoms. The second-order valence-electron chi connectivity index (χ2n) is 4.19. The third-order valence-electron chi connectivity index (χ3n) is 2.79. The molecule has 2 aromatic carbocycles. The number of para-hydroxylation sites is 1. The first-order valence-corrected chi connectivity index (χ1v) is 7.70. The van der Waals surface area contributed by atoms with Crippen molar-refractivity contribution in [1.29, 1.82) is 0 Å². The van der Waals surface area contributed by atoms with Gasteiger partial charge in [0.1, 0.15) is 0 Å². The Morgan fingerprint density at radius 1 is 1.26 bits per heavy atom. The Morgan fingerprint density at radius 3 is 2.89 bits per heavy atom. The van der Waals surface area contributed by atoms with Gasteiger partial charge in [0.25, 0.3) is 0 Å². The third-order valence-corrected chi connectivity index (χ3v) is 4.65. The largest absolute Gasteiger partial charge is 0.331 e. The zero-order chi connectivity index (χ0) is 13.4. The standard InChI is InChI=1S/C14H10BrClN2S/c1-8-3-2-4-12-13(8)18-14(19-12)17-11-7-9(16)5-6-10(11)15/h2-7H,1H3,(H,17,18). The lowest BCUT2D eigenvalue weighted by Crippen LogP contribution is -1.90. The van der Waals surface area contributed by atoms with Gasteiger partial charge < -0.3 is 5.32 Å². The quantitative estimate of drug-likeness (QED) is 0.633. The summed E-state index contributed by atoms with van der Waals surface area (Å²) >= 11 is 11.1. The molecule has 0 fully saturated rings. The first-order chi connectivity index (χ1) is 9.13. The van der Waals surface area contributed by atoms with Crippen LogP contribution in [0, 0.1) is 6.92 Å². The van der Waals surface area contributed by atoms with E-state index in [1.807, 2.05) is 18.2 Å². The van der Waals surface area contributed by atoms with E-state index >= 15 is 0 Å². The van der Waals surface area contributed by atoms with E-state index in [1.165, 1.54) is 10.3 Å². The highest BCUT2D eigenvalue weighted by Crippen LogP contribution is 2.33. The van der Waals surface area contributed by atoms with Crippen LogP contribution in [0.15, 0.2) is 40.9 Å². The smallest absolute Gasteiger partial charge is 0.188 e. The monoisotopic (exact) mass is 352 g/mol. The Morgan fingerprint density at radius 2 is 2.11 bits per heavy atom. The van der Waals surface area contributed by atoms with Crippen LogP contribution in [0.5, 0.6) is 0 Å². The van der Waals surface area contributed by atoms with Gasteiger partial charge in [0.05, 0.1) is 15.9 Å². The number of anilines is 2. The Labute approximate surface area is 128 Å². The fraction of sp³-hybridized carbons (Fsp3) is 0.0714. The number of hydrogen-bond donors (Lipinski definition) is 1. The minimum Gasteiger partial charge on any atom is -0.331 e. The van der Waals surface area contributed by atoms with Crippen LogP contribution in [0.1, 0.15) is 5.56 Å². The fourth-order valence-corrected chi connectivity index (χ4v) is 3.32. The van der Waals surface area contributed by atoms with Gasteiger partial charge in [-0.25, -0.2) is 4.98 Å². The van der Waals surface area contributed by atoms with Crippen LogP contribution < -0.4 is 5.32 Å². The maximum atomic E-state index is 6.01. The number of fused-ring (bicyclic) bond motifs is 1. The second kappa shape index (κ2) is 5.12. The predicted molar refractivity (Wildman–Crippen MR) is 86.8 cm³/mol. The van der Waals surface area contributed by atoms with E-state index in [-0.39, 0.29) is 0 Å². The highest BCUT2D eigenvalue weighted by Gasteiger charge is 2.08. The van der Waals surface area contributed by atoms with Crippen LogP contribution in [0.4, 0.5) is 10.8 Å². The molecule has 19 heavy (non-hydrogen) atoms. The third kappa shape index (κ3) is 2.61. The molecule has 1 aromatic heterocycles. The van der Waals surface area contributed by atoms with Crippen molar-refractivity contribution in [1.82, 2.24) is 4.98 Å². The van der Waals surface area contributed by atoms with E-state index in [9.17, 15) is 0 Å². The summed E-state index contributed by atoms with van der Waals surface area (Å²) in [5.41, 5.74) is 3.16. The molecule has 0 radical (unpaired) electrons. The zero-order valence-electron chi connectivity index (χ0n) is 10.1. The summed E-state index contributed by atoms with van der Waals surface area (Å²) in [6, 6.07) is 11.8. The van der Waals surface area contributed by atoms with Gasteiger partial charge in [0, 0.05) is 9.50 Å². The zero-order valence-corrected chi connectivity index (χ0v) is 13.2. The van der Waals surface area contributed by atoms with Crippen molar-refractivity contribution in [2.75, 3.05) is 5.32 Å². The van der Waals surface area contributed by atoms with Crippen LogP contribution in [-0.4, -0.2) is 4.98 Å². The number of halogens is 2. The SMILES string of the molecule is Cc1cccc2sc(Nc3cc(Cl)ccc3Br)nc12. The van der Waals surface area contributed by atoms with Crippen molar-refractivity contribution in [3.05, 3.63) is 51.5 Å². The first-order valence-electron chi connectivity index (χ1n) is 5.72. The van der Waals surface area contributed by atoms with Gasteiger partial charge >= 0.3 is 0 Å². The molecule has 3 aromatic rings. The molecule has 1 N–H and O–H groups in total. The lowest BCUT2D eigenvalue weighted by molar-refractivity contribution is 1.40. The molecular weight excluding hydrogens is 344 g/mol. The number of nitrogens with one attached hydrogen (secondary N) is 1. The van der Waals surface area contributed by atoms with Crippen LogP contribution >= 0.6 is 38.9 Å². The number of nitrogens with zero attached hydrogens (tertiary/aromatic N) is 1. The normalized spacial score (nSPS) is 10.9. The number of benzene rings is 2. The molecule has 0 spiro atoms. The van der Waals surface area contributed by atoms with Gasteiger partial charge in [-0.2, -0.15) is 0 Å². The van der Waals surface area contributed by atoms with Gasteiger partial charge in [-0.05, 0) is 52.7 Å². The average molecular weight is 354 g/mol. The van der Waals surface area contributed by atoms with Gasteiger partial charge in [-0.1, -0.05) is 35.1 Å². The van der Waals surface area contributed by atoms with E-state index in [4.69, 9.17) is 11.6 Å². The molecule has 0 saturated carbocycles. The molecule has 96 valence electrons. The van der Waals surface area contributed by atoms with Crippen LogP contribution in [0.25, 0.3) is 10.2 Å². The second-order valence-corrected chi connectivity index (χ2v) is 6.51. The summed E-state index contributed by atoms with van der Waals surface area (Å²) in [6.45, 7) is 2.07. The van der Waals surface area contributed by atoms with Crippen LogP contribution in [0.2, 0.25) is 5.02 Å². The van der Waals surface area contributed by atoms with Crippen molar-refractivity contribution in [2.45, 2.75) is 6.92 Å². The maximum absolute atomic E-state index is 6.01. The van der Waals surface area contributed by atoms with E-state index in [1.54, 1.807) is 11.3 Å². The Bertz CT molecular complexity index is 754. The number of thiazole rings is 1. The first kappa shape index (κ1) is 12.9. The van der Waals surface area contributed by atoms with Crippen LogP contribution in [0.3, 0.4) is 0 Å². The van der Waals surface area contributed by atoms with Crippen molar-refractivity contribution in [3.8, 4) is 0 Å². The van der Waals surface area contributed by atoms with E-state index in [0.29, 0.717) is 5.02 Å². The Hall–Kier alpha value is -1.10. The van der Waals surface area contributed by atoms with Gasteiger partial charge in [0.15, 0.2) is 5.13 Å². The number of aromatic nitrogens is 1. The Balaban J connectivity index is 2.01. The average Bonchev–Trinajstić information content (AvgIpc) is 2.78. The highest BCUT2D eigenvalue weighted by atomic mass is 79.9. The summed E-state index contributed by atoms with van der Waals surface area (Å²) in [4.78, 5) is 4.62. The van der Waals surface area contributed by atoms with Crippen molar-refractivity contribution >= 4 is 59.9 Å². The van der Waals surface area contributed by atoms with Crippen LogP contribution in [-0.2, 0) is 0 Å². The lowest BCUT2D eigenvalue weighted by atomic mass is 10.2. The molecule has 0 unspecified atom stereocenters. The summed E-state index contributed by atoms with van der Waals surface area (Å²) < 4.78 is 2.15. The topological polar surface area (TPSA) is 24.9 Å². The Kier molecular flexibility index (Phi) is 3.48. The summed E-state index contributed by atoms with van der Waals surface area (Å²) in [6.07, 6.45) is 0. The van der Waals surface area contributed by atoms with Gasteiger partial charge in [-0.15, -0.1) is 0 Å². The molecule has 1 heterocycles. The van der Waals surface area contributed by atoms with Crippen molar-refractivity contribution in [2.24, 2.45) is 0 Å².